The first-order chi connectivity index (χ1) is 5.41. The van der Waals surface area contributed by atoms with Gasteiger partial charge in [-0.05, 0) is 6.26 Å². The van der Waals surface area contributed by atoms with Crippen molar-refractivity contribution in [1.29, 1.82) is 0 Å². The van der Waals surface area contributed by atoms with Crippen LogP contribution in [0.3, 0.4) is 0 Å². The Morgan fingerprint density at radius 1 is 1.09 bits per heavy atom. The number of hydrogen-bond donors (Lipinski definition) is 1. The third-order valence-electron chi connectivity index (χ3n) is 1.07. The molecule has 0 aromatic rings. The average molecular weight is 179 g/mol. The van der Waals surface area contributed by atoms with Crippen molar-refractivity contribution in [1.82, 2.24) is 0 Å². The van der Waals surface area contributed by atoms with Gasteiger partial charge in [0.2, 0.25) is 0 Å². The van der Waals surface area contributed by atoms with Crippen molar-refractivity contribution in [2.24, 2.45) is 5.73 Å². The van der Waals surface area contributed by atoms with Crippen molar-refractivity contribution < 1.29 is 9.47 Å². The minimum absolute atomic E-state index is 0.588. The first kappa shape index (κ1) is 11.2. The normalized spacial score (nSPS) is 10.4. The van der Waals surface area contributed by atoms with Crippen LogP contribution in [0.1, 0.15) is 0 Å². The highest BCUT2D eigenvalue weighted by Gasteiger charge is 1.87. The molecule has 0 bridgehead atoms. The van der Waals surface area contributed by atoms with E-state index < -0.39 is 0 Å². The van der Waals surface area contributed by atoms with Crippen LogP contribution >= 0.6 is 11.8 Å². The van der Waals surface area contributed by atoms with Crippen molar-refractivity contribution in [3.63, 3.8) is 0 Å². The van der Waals surface area contributed by atoms with Crippen LogP contribution in [-0.2, 0) is 9.47 Å². The predicted octanol–water partition coefficient (Wildman–Crippen LogP) is 0.341. The summed E-state index contributed by atoms with van der Waals surface area (Å²) in [5, 5.41) is 0. The molecule has 0 saturated heterocycles. The maximum absolute atomic E-state index is 5.23. The Bertz CT molecular complexity index is 65.5. The van der Waals surface area contributed by atoms with Crippen molar-refractivity contribution >= 4 is 11.8 Å². The lowest BCUT2D eigenvalue weighted by Crippen LogP contribution is -2.12. The second-order valence-electron chi connectivity index (χ2n) is 2.01. The summed E-state index contributed by atoms with van der Waals surface area (Å²) in [7, 11) is 0. The van der Waals surface area contributed by atoms with Crippen LogP contribution in [0.2, 0.25) is 0 Å². The van der Waals surface area contributed by atoms with Crippen LogP contribution in [0.4, 0.5) is 0 Å². The van der Waals surface area contributed by atoms with E-state index in [4.69, 9.17) is 15.2 Å². The van der Waals surface area contributed by atoms with Gasteiger partial charge < -0.3 is 15.2 Å². The highest BCUT2D eigenvalue weighted by atomic mass is 32.2. The summed E-state index contributed by atoms with van der Waals surface area (Å²) in [6.45, 7) is 3.37. The maximum Gasteiger partial charge on any atom is 0.0701 e. The molecule has 0 saturated carbocycles. The minimum atomic E-state index is 0.588. The molecule has 0 radical (unpaired) electrons. The molecule has 0 aromatic carbocycles. The number of ether oxygens (including phenoxy) is 2. The van der Waals surface area contributed by atoms with Crippen LogP contribution in [0.5, 0.6) is 0 Å². The monoisotopic (exact) mass is 179 g/mol. The molecule has 0 rings (SSSR count). The first-order valence-electron chi connectivity index (χ1n) is 3.76. The zero-order chi connectivity index (χ0) is 8.36. The molecule has 68 valence electrons. The highest BCUT2D eigenvalue weighted by Crippen LogP contribution is 1.90. The minimum Gasteiger partial charge on any atom is -0.378 e. The zero-order valence-corrected chi connectivity index (χ0v) is 7.86. The quantitative estimate of drug-likeness (QED) is 0.546. The highest BCUT2D eigenvalue weighted by molar-refractivity contribution is 7.98. The van der Waals surface area contributed by atoms with E-state index in [9.17, 15) is 0 Å². The third-order valence-corrected chi connectivity index (χ3v) is 1.64. The van der Waals surface area contributed by atoms with Crippen LogP contribution in [0.25, 0.3) is 0 Å². The van der Waals surface area contributed by atoms with Gasteiger partial charge in [-0.3, -0.25) is 0 Å². The van der Waals surface area contributed by atoms with Crippen LogP contribution in [-0.4, -0.2) is 45.0 Å². The molecule has 0 aliphatic carbocycles. The molecule has 0 unspecified atom stereocenters. The Morgan fingerprint density at radius 3 is 2.27 bits per heavy atom. The smallest absolute Gasteiger partial charge is 0.0701 e. The molecule has 4 heteroatoms. The maximum atomic E-state index is 5.23. The second-order valence-corrected chi connectivity index (χ2v) is 2.99. The molecule has 3 nitrogen and oxygen atoms in total. The van der Waals surface area contributed by atoms with E-state index in [1.165, 1.54) is 0 Å². The van der Waals surface area contributed by atoms with Gasteiger partial charge in [0.1, 0.15) is 0 Å². The molecular weight excluding hydrogens is 162 g/mol. The second kappa shape index (κ2) is 10.2. The van der Waals surface area contributed by atoms with E-state index in [1.807, 2.05) is 0 Å². The van der Waals surface area contributed by atoms with E-state index in [0.29, 0.717) is 26.4 Å². The standard InChI is InChI=1S/C7H17NO2S/c1-11-7-6-10-5-4-9-3-2-8/h2-8H2,1H3. The molecule has 0 heterocycles. The van der Waals surface area contributed by atoms with Gasteiger partial charge in [0.05, 0.1) is 26.4 Å². The van der Waals surface area contributed by atoms with Gasteiger partial charge >= 0.3 is 0 Å². The van der Waals surface area contributed by atoms with Crippen molar-refractivity contribution in [2.45, 2.75) is 0 Å². The summed E-state index contributed by atoms with van der Waals surface area (Å²) in [5.74, 6) is 1.05. The van der Waals surface area contributed by atoms with Gasteiger partial charge in [-0.1, -0.05) is 0 Å². The predicted molar refractivity (Wildman–Crippen MR) is 49.1 cm³/mol. The van der Waals surface area contributed by atoms with Crippen LogP contribution < -0.4 is 5.73 Å². The van der Waals surface area contributed by atoms with E-state index in [2.05, 4.69) is 6.26 Å². The lowest BCUT2D eigenvalue weighted by molar-refractivity contribution is 0.0571. The summed E-state index contributed by atoms with van der Waals surface area (Å²) in [5.41, 5.74) is 5.22. The molecule has 0 spiro atoms. The van der Waals surface area contributed by atoms with Gasteiger partial charge in [-0.25, -0.2) is 0 Å². The average Bonchev–Trinajstić information content (AvgIpc) is 2.03. The summed E-state index contributed by atoms with van der Waals surface area (Å²) in [6.07, 6.45) is 2.06. The molecule has 0 aliphatic rings. The Kier molecular flexibility index (Phi) is 10.4. The Labute approximate surface area is 72.6 Å². The van der Waals surface area contributed by atoms with Gasteiger partial charge in [0.15, 0.2) is 0 Å². The van der Waals surface area contributed by atoms with E-state index in [-0.39, 0.29) is 0 Å². The van der Waals surface area contributed by atoms with Crippen LogP contribution in [0.15, 0.2) is 0 Å². The molecule has 2 N–H and O–H groups in total. The number of rotatable bonds is 8. The fourth-order valence-electron chi connectivity index (χ4n) is 0.548. The Morgan fingerprint density at radius 2 is 1.73 bits per heavy atom. The molecule has 0 aromatic heterocycles. The summed E-state index contributed by atoms with van der Waals surface area (Å²) < 4.78 is 10.3. The van der Waals surface area contributed by atoms with E-state index >= 15 is 0 Å². The van der Waals surface area contributed by atoms with Gasteiger partial charge in [-0.15, -0.1) is 0 Å². The van der Waals surface area contributed by atoms with Gasteiger partial charge in [-0.2, -0.15) is 11.8 Å². The topological polar surface area (TPSA) is 44.5 Å². The fourth-order valence-corrected chi connectivity index (χ4v) is 0.832. The number of thioether (sulfide) groups is 1. The molecule has 0 fully saturated rings. The number of nitrogens with two attached hydrogens (primary N) is 1. The summed E-state index contributed by atoms with van der Waals surface area (Å²) >= 11 is 1.78. The van der Waals surface area contributed by atoms with Crippen molar-refractivity contribution in [3.05, 3.63) is 0 Å². The Balaban J connectivity index is 2.69. The molecular formula is C7H17NO2S. The first-order valence-corrected chi connectivity index (χ1v) is 5.15. The lowest BCUT2D eigenvalue weighted by Gasteiger charge is -2.03. The largest absolute Gasteiger partial charge is 0.378 e. The molecule has 0 atom stereocenters. The molecule has 0 amide bonds. The van der Waals surface area contributed by atoms with Crippen molar-refractivity contribution in [2.75, 3.05) is 45.0 Å². The van der Waals surface area contributed by atoms with Crippen molar-refractivity contribution in [3.8, 4) is 0 Å². The summed E-state index contributed by atoms with van der Waals surface area (Å²) in [4.78, 5) is 0. The number of hydrogen-bond acceptors (Lipinski definition) is 4. The van der Waals surface area contributed by atoms with Gasteiger partial charge in [0.25, 0.3) is 0 Å². The Hall–Kier alpha value is 0.230. The third kappa shape index (κ3) is 10.2. The molecule has 11 heavy (non-hydrogen) atoms. The van der Waals surface area contributed by atoms with E-state index in [1.54, 1.807) is 11.8 Å². The zero-order valence-electron chi connectivity index (χ0n) is 7.04. The van der Waals surface area contributed by atoms with Gasteiger partial charge in [0, 0.05) is 12.3 Å². The lowest BCUT2D eigenvalue weighted by atomic mass is 10.7. The SMILES string of the molecule is CSCCOCCOCCN. The van der Waals surface area contributed by atoms with E-state index in [0.717, 1.165) is 12.4 Å². The van der Waals surface area contributed by atoms with Crippen LogP contribution in [0, 0.1) is 0 Å². The fraction of sp³-hybridized carbons (Fsp3) is 1.00. The summed E-state index contributed by atoms with van der Waals surface area (Å²) in [6, 6.07) is 0. The molecule has 0 aliphatic heterocycles.